The van der Waals surface area contributed by atoms with Crippen LogP contribution in [0.1, 0.15) is 28.8 Å². The highest BCUT2D eigenvalue weighted by molar-refractivity contribution is 5.96. The number of aliphatic carboxylic acids is 1. The number of ether oxygens (including phenoxy) is 1. The molecule has 0 radical (unpaired) electrons. The lowest BCUT2D eigenvalue weighted by Gasteiger charge is -2.24. The standard InChI is InChI=1S/C15H16F3NO4/c1-23-10-6-9(7-13(20)21)19(8-10)14(22)11-4-2-3-5-12(11)15(16,17)18/h2-5,9-10H,6-8H2,1H3,(H,20,21). The molecule has 0 bridgehead atoms. The number of nitrogens with zero attached hydrogens (tertiary/aromatic N) is 1. The molecule has 2 unspecified atom stereocenters. The summed E-state index contributed by atoms with van der Waals surface area (Å²) in [5.41, 5.74) is -1.51. The third-order valence-corrected chi connectivity index (χ3v) is 3.84. The number of methoxy groups -OCH3 is 1. The fraction of sp³-hybridized carbons (Fsp3) is 0.467. The topological polar surface area (TPSA) is 66.8 Å². The lowest BCUT2D eigenvalue weighted by molar-refractivity contribution is -0.139. The molecule has 126 valence electrons. The lowest BCUT2D eigenvalue weighted by Crippen LogP contribution is -2.38. The van der Waals surface area contributed by atoms with E-state index in [2.05, 4.69) is 0 Å². The van der Waals surface area contributed by atoms with E-state index in [9.17, 15) is 22.8 Å². The molecular weight excluding hydrogens is 315 g/mol. The van der Waals surface area contributed by atoms with Gasteiger partial charge in [0.1, 0.15) is 0 Å². The van der Waals surface area contributed by atoms with E-state index < -0.39 is 35.2 Å². The van der Waals surface area contributed by atoms with E-state index in [0.717, 1.165) is 17.0 Å². The van der Waals surface area contributed by atoms with E-state index in [0.29, 0.717) is 0 Å². The Labute approximate surface area is 130 Å². The largest absolute Gasteiger partial charge is 0.481 e. The minimum Gasteiger partial charge on any atom is -0.481 e. The normalized spacial score (nSPS) is 21.5. The van der Waals surface area contributed by atoms with Crippen LogP contribution in [0.5, 0.6) is 0 Å². The molecule has 2 atom stereocenters. The van der Waals surface area contributed by atoms with Gasteiger partial charge in [-0.25, -0.2) is 0 Å². The van der Waals surface area contributed by atoms with Crippen molar-refractivity contribution < 1.29 is 32.6 Å². The molecule has 1 heterocycles. The lowest BCUT2D eigenvalue weighted by atomic mass is 10.0. The average Bonchev–Trinajstić information content (AvgIpc) is 2.88. The number of halogens is 3. The van der Waals surface area contributed by atoms with Crippen molar-refractivity contribution in [3.63, 3.8) is 0 Å². The highest BCUT2D eigenvalue weighted by atomic mass is 19.4. The van der Waals surface area contributed by atoms with E-state index in [-0.39, 0.29) is 25.5 Å². The van der Waals surface area contributed by atoms with Gasteiger partial charge in [-0.15, -0.1) is 0 Å². The van der Waals surface area contributed by atoms with Gasteiger partial charge in [-0.3, -0.25) is 9.59 Å². The number of carbonyl (C=O) groups is 2. The summed E-state index contributed by atoms with van der Waals surface area (Å²) in [4.78, 5) is 24.6. The summed E-state index contributed by atoms with van der Waals surface area (Å²) >= 11 is 0. The van der Waals surface area contributed by atoms with Crippen LogP contribution in [0.15, 0.2) is 24.3 Å². The molecule has 8 heteroatoms. The molecule has 2 rings (SSSR count). The summed E-state index contributed by atoms with van der Waals surface area (Å²) in [5.74, 6) is -1.95. The van der Waals surface area contributed by atoms with Gasteiger partial charge in [0, 0.05) is 19.7 Å². The van der Waals surface area contributed by atoms with Crippen molar-refractivity contribution in [1.82, 2.24) is 4.90 Å². The third-order valence-electron chi connectivity index (χ3n) is 3.84. The van der Waals surface area contributed by atoms with Crippen LogP contribution in [0.3, 0.4) is 0 Å². The molecule has 5 nitrogen and oxygen atoms in total. The summed E-state index contributed by atoms with van der Waals surface area (Å²) in [6.45, 7) is 0.0689. The molecule has 0 aromatic heterocycles. The number of benzene rings is 1. The molecular formula is C15H16F3NO4. The fourth-order valence-corrected chi connectivity index (χ4v) is 2.76. The van der Waals surface area contributed by atoms with Gasteiger partial charge in [-0.05, 0) is 18.6 Å². The second-order valence-corrected chi connectivity index (χ2v) is 5.35. The van der Waals surface area contributed by atoms with E-state index in [4.69, 9.17) is 9.84 Å². The van der Waals surface area contributed by atoms with Crippen molar-refractivity contribution in [2.45, 2.75) is 31.2 Å². The van der Waals surface area contributed by atoms with Crippen molar-refractivity contribution in [3.05, 3.63) is 35.4 Å². The van der Waals surface area contributed by atoms with Gasteiger partial charge in [-0.2, -0.15) is 13.2 Å². The monoisotopic (exact) mass is 331 g/mol. The molecule has 1 aromatic carbocycles. The first-order valence-corrected chi connectivity index (χ1v) is 6.95. The smallest absolute Gasteiger partial charge is 0.417 e. The predicted molar refractivity (Wildman–Crippen MR) is 73.9 cm³/mol. The number of carbonyl (C=O) groups excluding carboxylic acids is 1. The number of rotatable bonds is 4. The van der Waals surface area contributed by atoms with Crippen LogP contribution >= 0.6 is 0 Å². The zero-order chi connectivity index (χ0) is 17.2. The first-order valence-electron chi connectivity index (χ1n) is 6.95. The van der Waals surface area contributed by atoms with Crippen LogP contribution in [-0.2, 0) is 15.7 Å². The molecule has 1 fully saturated rings. The SMILES string of the molecule is COC1CC(CC(=O)O)N(C(=O)c2ccccc2C(F)(F)F)C1. The van der Waals surface area contributed by atoms with Crippen LogP contribution in [0.4, 0.5) is 13.2 Å². The summed E-state index contributed by atoms with van der Waals surface area (Å²) in [6, 6.07) is 3.80. The molecule has 0 spiro atoms. The van der Waals surface area contributed by atoms with Crippen LogP contribution in [0, 0.1) is 0 Å². The van der Waals surface area contributed by atoms with Gasteiger partial charge < -0.3 is 14.7 Å². The molecule has 1 N–H and O–H groups in total. The Hall–Kier alpha value is -2.09. The Morgan fingerprint density at radius 2 is 2.00 bits per heavy atom. The first-order chi connectivity index (χ1) is 10.7. The Morgan fingerprint density at radius 3 is 2.57 bits per heavy atom. The van der Waals surface area contributed by atoms with Gasteiger partial charge in [0.2, 0.25) is 0 Å². The molecule has 0 aliphatic carbocycles. The van der Waals surface area contributed by atoms with Gasteiger partial charge >= 0.3 is 12.1 Å². The van der Waals surface area contributed by atoms with Gasteiger partial charge in [0.15, 0.2) is 0 Å². The van der Waals surface area contributed by atoms with Gasteiger partial charge in [-0.1, -0.05) is 12.1 Å². The zero-order valence-corrected chi connectivity index (χ0v) is 12.3. The minimum absolute atomic E-state index is 0.0689. The van der Waals surface area contributed by atoms with Crippen LogP contribution in [0.2, 0.25) is 0 Å². The van der Waals surface area contributed by atoms with Gasteiger partial charge in [0.25, 0.3) is 5.91 Å². The molecule has 1 aliphatic heterocycles. The molecule has 23 heavy (non-hydrogen) atoms. The fourth-order valence-electron chi connectivity index (χ4n) is 2.76. The maximum atomic E-state index is 13.1. The Kier molecular flexibility index (Phi) is 4.93. The Bertz CT molecular complexity index is 603. The summed E-state index contributed by atoms with van der Waals surface area (Å²) in [7, 11) is 1.42. The van der Waals surface area contributed by atoms with E-state index in [1.807, 2.05) is 0 Å². The molecule has 0 saturated carbocycles. The number of carboxylic acids is 1. The maximum absolute atomic E-state index is 13.1. The van der Waals surface area contributed by atoms with Crippen molar-refractivity contribution in [3.8, 4) is 0 Å². The second kappa shape index (κ2) is 6.57. The quantitative estimate of drug-likeness (QED) is 0.920. The molecule has 1 amide bonds. The minimum atomic E-state index is -4.66. The summed E-state index contributed by atoms with van der Waals surface area (Å²) in [5, 5.41) is 8.93. The highest BCUT2D eigenvalue weighted by Gasteiger charge is 2.40. The number of hydrogen-bond donors (Lipinski definition) is 1. The molecule has 1 aliphatic rings. The number of hydrogen-bond acceptors (Lipinski definition) is 3. The van der Waals surface area contributed by atoms with Crippen LogP contribution < -0.4 is 0 Å². The van der Waals surface area contributed by atoms with Crippen molar-refractivity contribution in [1.29, 1.82) is 0 Å². The molecule has 1 saturated heterocycles. The highest BCUT2D eigenvalue weighted by Crippen LogP contribution is 2.34. The van der Waals surface area contributed by atoms with Crippen molar-refractivity contribution in [2.24, 2.45) is 0 Å². The summed E-state index contributed by atoms with van der Waals surface area (Å²) in [6.07, 6.45) is -5.10. The van der Waals surface area contributed by atoms with Gasteiger partial charge in [0.05, 0.1) is 23.7 Å². The number of carboxylic acid groups (broad SMARTS) is 1. The molecule has 1 aromatic rings. The average molecular weight is 331 g/mol. The summed E-state index contributed by atoms with van der Waals surface area (Å²) < 4.78 is 44.3. The number of alkyl halides is 3. The zero-order valence-electron chi connectivity index (χ0n) is 12.3. The van der Waals surface area contributed by atoms with Crippen molar-refractivity contribution >= 4 is 11.9 Å². The van der Waals surface area contributed by atoms with E-state index in [1.54, 1.807) is 0 Å². The Balaban J connectivity index is 2.33. The first kappa shape index (κ1) is 17.3. The van der Waals surface area contributed by atoms with Crippen LogP contribution in [-0.4, -0.2) is 47.7 Å². The third kappa shape index (κ3) is 3.82. The second-order valence-electron chi connectivity index (χ2n) is 5.35. The Morgan fingerprint density at radius 1 is 1.35 bits per heavy atom. The number of likely N-dealkylation sites (tertiary alicyclic amines) is 1. The number of amides is 1. The van der Waals surface area contributed by atoms with E-state index in [1.165, 1.54) is 19.2 Å². The van der Waals surface area contributed by atoms with Crippen LogP contribution in [0.25, 0.3) is 0 Å². The predicted octanol–water partition coefficient (Wildman–Crippen LogP) is 2.41. The maximum Gasteiger partial charge on any atom is 0.417 e. The van der Waals surface area contributed by atoms with Crippen molar-refractivity contribution in [2.75, 3.05) is 13.7 Å². The van der Waals surface area contributed by atoms with E-state index >= 15 is 0 Å².